The van der Waals surface area contributed by atoms with Gasteiger partial charge in [-0.2, -0.15) is 0 Å². The Kier molecular flexibility index (Phi) is 7.22. The van der Waals surface area contributed by atoms with Crippen molar-refractivity contribution in [1.29, 1.82) is 0 Å². The van der Waals surface area contributed by atoms with Crippen LogP contribution in [0.2, 0.25) is 0 Å². The maximum absolute atomic E-state index is 13.6. The second-order valence-corrected chi connectivity index (χ2v) is 10.7. The van der Waals surface area contributed by atoms with Gasteiger partial charge in [0.05, 0.1) is 12.6 Å². The average molecular weight is 513 g/mol. The molecule has 6 rings (SSSR count). The molecule has 0 amide bonds. The first-order chi connectivity index (χ1) is 18.7. The zero-order valence-electron chi connectivity index (χ0n) is 22.1. The van der Waals surface area contributed by atoms with E-state index < -0.39 is 0 Å². The van der Waals surface area contributed by atoms with Gasteiger partial charge in [0.15, 0.2) is 5.82 Å². The fourth-order valence-corrected chi connectivity index (χ4v) is 6.31. The van der Waals surface area contributed by atoms with Crippen LogP contribution in [0.1, 0.15) is 74.5 Å². The van der Waals surface area contributed by atoms with E-state index in [-0.39, 0.29) is 11.6 Å². The van der Waals surface area contributed by atoms with Gasteiger partial charge in [0.25, 0.3) is 5.56 Å². The zero-order valence-corrected chi connectivity index (χ0v) is 22.1. The highest BCUT2D eigenvalue weighted by atomic mass is 16.5. The largest absolute Gasteiger partial charge is 0.494 e. The standard InChI is InChI=1S/C30H36N6O2/c1-2-38-25-12-13-27-23(19-25)20-26(30(37)31-27)28(29-32-33-34-36(29)24-10-6-7-11-24)35-16-14-22(15-17-35)18-21-8-4-3-5-9-21/h3-5,8-9,12-13,19-20,22,24,28H,2,6-7,10-11,14-18H2,1H3,(H,31,37). The molecule has 1 aliphatic carbocycles. The predicted molar refractivity (Wildman–Crippen MR) is 147 cm³/mol. The lowest BCUT2D eigenvalue weighted by Gasteiger charge is -2.37. The Bertz CT molecular complexity index is 1420. The quantitative estimate of drug-likeness (QED) is 0.355. The Morgan fingerprint density at radius 1 is 1.03 bits per heavy atom. The highest BCUT2D eigenvalue weighted by Gasteiger charge is 2.35. The van der Waals surface area contributed by atoms with Crippen LogP contribution in [0, 0.1) is 5.92 Å². The molecule has 1 aliphatic heterocycles. The van der Waals surface area contributed by atoms with Crippen LogP contribution in [-0.2, 0) is 6.42 Å². The van der Waals surface area contributed by atoms with Gasteiger partial charge in [-0.15, -0.1) is 5.10 Å². The maximum atomic E-state index is 13.6. The third-order valence-electron chi connectivity index (χ3n) is 8.26. The molecule has 1 saturated carbocycles. The van der Waals surface area contributed by atoms with Crippen LogP contribution >= 0.6 is 0 Å². The molecular formula is C30H36N6O2. The van der Waals surface area contributed by atoms with E-state index in [0.29, 0.717) is 24.1 Å². The predicted octanol–water partition coefficient (Wildman–Crippen LogP) is 5.07. The van der Waals surface area contributed by atoms with Crippen molar-refractivity contribution < 1.29 is 4.74 Å². The molecule has 8 heteroatoms. The minimum Gasteiger partial charge on any atom is -0.494 e. The van der Waals surface area contributed by atoms with Gasteiger partial charge >= 0.3 is 0 Å². The monoisotopic (exact) mass is 512 g/mol. The molecule has 1 N–H and O–H groups in total. The number of aromatic nitrogens is 5. The van der Waals surface area contributed by atoms with E-state index in [2.05, 4.69) is 55.7 Å². The fraction of sp³-hybridized carbons (Fsp3) is 0.467. The molecule has 1 atom stereocenters. The van der Waals surface area contributed by atoms with Crippen LogP contribution in [0.25, 0.3) is 10.9 Å². The molecule has 2 aromatic heterocycles. The number of aromatic amines is 1. The second-order valence-electron chi connectivity index (χ2n) is 10.7. The van der Waals surface area contributed by atoms with Gasteiger partial charge in [-0.3, -0.25) is 9.69 Å². The minimum absolute atomic E-state index is 0.0842. The van der Waals surface area contributed by atoms with E-state index in [1.807, 2.05) is 35.9 Å². The first-order valence-corrected chi connectivity index (χ1v) is 14.0. The second kappa shape index (κ2) is 11.1. The van der Waals surface area contributed by atoms with E-state index >= 15 is 0 Å². The van der Waals surface area contributed by atoms with Gasteiger partial charge < -0.3 is 9.72 Å². The van der Waals surface area contributed by atoms with Crippen LogP contribution in [0.15, 0.2) is 59.4 Å². The summed E-state index contributed by atoms with van der Waals surface area (Å²) in [5.41, 5.74) is 2.81. The summed E-state index contributed by atoms with van der Waals surface area (Å²) in [6.45, 7) is 4.37. The number of pyridine rings is 1. The Morgan fingerprint density at radius 3 is 2.58 bits per heavy atom. The normalized spacial score (nSPS) is 18.2. The van der Waals surface area contributed by atoms with Gasteiger partial charge in [-0.05, 0) is 98.3 Å². The van der Waals surface area contributed by atoms with E-state index in [1.165, 1.54) is 18.4 Å². The smallest absolute Gasteiger partial charge is 0.253 e. The molecule has 0 spiro atoms. The summed E-state index contributed by atoms with van der Waals surface area (Å²) in [6, 6.07) is 18.6. The highest BCUT2D eigenvalue weighted by Crippen LogP contribution is 2.36. The number of benzene rings is 2. The minimum atomic E-state index is -0.299. The molecule has 8 nitrogen and oxygen atoms in total. The Morgan fingerprint density at radius 2 is 1.82 bits per heavy atom. The number of tetrazole rings is 1. The lowest BCUT2D eigenvalue weighted by atomic mass is 9.89. The molecule has 38 heavy (non-hydrogen) atoms. The molecule has 4 aromatic rings. The molecule has 0 radical (unpaired) electrons. The Balaban J connectivity index is 1.35. The van der Waals surface area contributed by atoms with Crippen LogP contribution in [0.4, 0.5) is 0 Å². The van der Waals surface area contributed by atoms with Gasteiger partial charge in [0, 0.05) is 16.5 Å². The summed E-state index contributed by atoms with van der Waals surface area (Å²) in [6.07, 6.45) is 7.79. The summed E-state index contributed by atoms with van der Waals surface area (Å²) in [7, 11) is 0. The maximum Gasteiger partial charge on any atom is 0.253 e. The SMILES string of the molecule is CCOc1ccc2[nH]c(=O)c(C(c3nnnn3C3CCCC3)N3CCC(Cc4ccccc4)CC3)cc2c1. The molecule has 198 valence electrons. The van der Waals surface area contributed by atoms with Gasteiger partial charge in [-0.1, -0.05) is 43.2 Å². The van der Waals surface area contributed by atoms with Crippen LogP contribution in [-0.4, -0.2) is 49.8 Å². The number of ether oxygens (including phenoxy) is 1. The van der Waals surface area contributed by atoms with Crippen LogP contribution < -0.4 is 10.3 Å². The number of nitrogens with zero attached hydrogens (tertiary/aromatic N) is 5. The summed E-state index contributed by atoms with van der Waals surface area (Å²) >= 11 is 0. The Hall–Kier alpha value is -3.52. The van der Waals surface area contributed by atoms with Crippen molar-refractivity contribution in [2.75, 3.05) is 19.7 Å². The summed E-state index contributed by atoms with van der Waals surface area (Å²) < 4.78 is 7.75. The van der Waals surface area contributed by atoms with Crippen molar-refractivity contribution in [3.05, 3.63) is 81.9 Å². The number of fused-ring (bicyclic) bond motifs is 1. The lowest BCUT2D eigenvalue weighted by Crippen LogP contribution is -2.41. The van der Waals surface area contributed by atoms with E-state index in [4.69, 9.17) is 4.74 Å². The van der Waals surface area contributed by atoms with Crippen molar-refractivity contribution in [3.8, 4) is 5.75 Å². The summed E-state index contributed by atoms with van der Waals surface area (Å²) in [5.74, 6) is 2.21. The third kappa shape index (κ3) is 5.10. The molecule has 2 fully saturated rings. The van der Waals surface area contributed by atoms with E-state index in [0.717, 1.165) is 67.7 Å². The Labute approximate surface area is 223 Å². The van der Waals surface area contributed by atoms with Crippen molar-refractivity contribution in [2.45, 2.75) is 64.0 Å². The van der Waals surface area contributed by atoms with E-state index in [9.17, 15) is 4.79 Å². The van der Waals surface area contributed by atoms with Gasteiger partial charge in [0.2, 0.25) is 0 Å². The first-order valence-electron chi connectivity index (χ1n) is 14.0. The van der Waals surface area contributed by atoms with Gasteiger partial charge in [-0.25, -0.2) is 4.68 Å². The van der Waals surface area contributed by atoms with E-state index in [1.54, 1.807) is 0 Å². The zero-order chi connectivity index (χ0) is 25.9. The molecule has 3 heterocycles. The third-order valence-corrected chi connectivity index (χ3v) is 8.26. The van der Waals surface area contributed by atoms with Gasteiger partial charge in [0.1, 0.15) is 11.8 Å². The van der Waals surface area contributed by atoms with Crippen molar-refractivity contribution in [2.24, 2.45) is 5.92 Å². The van der Waals surface area contributed by atoms with Crippen LogP contribution in [0.3, 0.4) is 0 Å². The number of piperidine rings is 1. The number of nitrogens with one attached hydrogen (secondary N) is 1. The molecular weight excluding hydrogens is 476 g/mol. The highest BCUT2D eigenvalue weighted by molar-refractivity contribution is 5.80. The lowest BCUT2D eigenvalue weighted by molar-refractivity contribution is 0.141. The van der Waals surface area contributed by atoms with Crippen molar-refractivity contribution >= 4 is 10.9 Å². The summed E-state index contributed by atoms with van der Waals surface area (Å²) in [5, 5.41) is 14.1. The number of likely N-dealkylation sites (tertiary alicyclic amines) is 1. The van der Waals surface area contributed by atoms with Crippen molar-refractivity contribution in [3.63, 3.8) is 0 Å². The molecule has 1 unspecified atom stereocenters. The topological polar surface area (TPSA) is 88.9 Å². The molecule has 2 aromatic carbocycles. The van der Waals surface area contributed by atoms with Crippen molar-refractivity contribution in [1.82, 2.24) is 30.1 Å². The number of hydrogen-bond acceptors (Lipinski definition) is 6. The number of hydrogen-bond donors (Lipinski definition) is 1. The molecule has 2 aliphatic rings. The number of rotatable bonds is 8. The fourth-order valence-electron chi connectivity index (χ4n) is 6.31. The van der Waals surface area contributed by atoms with Crippen LogP contribution in [0.5, 0.6) is 5.75 Å². The first kappa shape index (κ1) is 24.8. The number of H-pyrrole nitrogens is 1. The summed E-state index contributed by atoms with van der Waals surface area (Å²) in [4.78, 5) is 19.1. The molecule has 1 saturated heterocycles. The molecule has 0 bridgehead atoms. The average Bonchev–Trinajstić information content (AvgIpc) is 3.64.